The van der Waals surface area contributed by atoms with Gasteiger partial charge in [0.15, 0.2) is 5.03 Å². The van der Waals surface area contributed by atoms with Crippen LogP contribution in [0.1, 0.15) is 31.2 Å². The maximum Gasteiger partial charge on any atom is 0.259 e. The highest BCUT2D eigenvalue weighted by molar-refractivity contribution is 7.89. The highest BCUT2D eigenvalue weighted by Gasteiger charge is 2.21. The number of aryl methyl sites for hydroxylation is 1. The van der Waals surface area contributed by atoms with Crippen molar-refractivity contribution in [3.63, 3.8) is 0 Å². The van der Waals surface area contributed by atoms with Crippen LogP contribution in [0.2, 0.25) is 0 Å². The van der Waals surface area contributed by atoms with Crippen LogP contribution in [0.3, 0.4) is 0 Å². The van der Waals surface area contributed by atoms with Crippen LogP contribution in [0.15, 0.2) is 47.1 Å². The molecule has 0 saturated carbocycles. The van der Waals surface area contributed by atoms with Gasteiger partial charge in [-0.2, -0.15) is 0 Å². The van der Waals surface area contributed by atoms with Gasteiger partial charge in [-0.25, -0.2) is 18.1 Å². The summed E-state index contributed by atoms with van der Waals surface area (Å²) < 4.78 is 29.6. The summed E-state index contributed by atoms with van der Waals surface area (Å²) in [6, 6.07) is 7.60. The molecule has 6 nitrogen and oxygen atoms in total. The van der Waals surface area contributed by atoms with E-state index in [2.05, 4.69) is 14.7 Å². The number of thiophene rings is 1. The first-order valence-corrected chi connectivity index (χ1v) is 10.3. The molecule has 0 bridgehead atoms. The Morgan fingerprint density at radius 2 is 2.08 bits per heavy atom. The molecule has 0 unspecified atom stereocenters. The van der Waals surface area contributed by atoms with Crippen LogP contribution in [0.25, 0.3) is 10.6 Å². The van der Waals surface area contributed by atoms with Crippen LogP contribution < -0.4 is 4.72 Å². The number of aromatic nitrogens is 3. The van der Waals surface area contributed by atoms with E-state index in [-0.39, 0.29) is 17.5 Å². The topological polar surface area (TPSA) is 76.9 Å². The van der Waals surface area contributed by atoms with Gasteiger partial charge < -0.3 is 4.57 Å². The lowest BCUT2D eigenvalue weighted by atomic mass is 10.2. The first-order chi connectivity index (χ1) is 11.9. The molecule has 0 spiro atoms. The van der Waals surface area contributed by atoms with Crippen LogP contribution in [0.5, 0.6) is 0 Å². The molecule has 0 aliphatic rings. The van der Waals surface area contributed by atoms with E-state index < -0.39 is 10.0 Å². The lowest BCUT2D eigenvalue weighted by molar-refractivity contribution is 0.577. The zero-order chi connectivity index (χ0) is 18.0. The van der Waals surface area contributed by atoms with Crippen LogP contribution in [-0.4, -0.2) is 23.0 Å². The number of nitrogens with one attached hydrogen (secondary N) is 1. The smallest absolute Gasteiger partial charge is 0.259 e. The lowest BCUT2D eigenvalue weighted by Crippen LogP contribution is -2.24. The first kappa shape index (κ1) is 17.8. The van der Waals surface area contributed by atoms with Gasteiger partial charge in [0.2, 0.25) is 0 Å². The summed E-state index contributed by atoms with van der Waals surface area (Å²) in [7, 11) is -1.88. The lowest BCUT2D eigenvalue weighted by Gasteiger charge is -2.08. The number of nitrogens with zero attached hydrogens (tertiary/aromatic N) is 3. The Kier molecular flexibility index (Phi) is 5.03. The Morgan fingerprint density at radius 3 is 2.72 bits per heavy atom. The molecule has 0 aliphatic carbocycles. The van der Waals surface area contributed by atoms with Gasteiger partial charge >= 0.3 is 0 Å². The van der Waals surface area contributed by atoms with Crippen LogP contribution >= 0.6 is 11.3 Å². The van der Waals surface area contributed by atoms with E-state index in [0.29, 0.717) is 0 Å². The summed E-state index contributed by atoms with van der Waals surface area (Å²) in [6.45, 7) is 4.13. The molecule has 132 valence electrons. The molecule has 3 aromatic rings. The monoisotopic (exact) mass is 376 g/mol. The maximum absolute atomic E-state index is 12.6. The number of imidazole rings is 1. The zero-order valence-corrected chi connectivity index (χ0v) is 15.9. The molecule has 0 amide bonds. The van der Waals surface area contributed by atoms with E-state index in [0.717, 1.165) is 22.0 Å². The third kappa shape index (κ3) is 3.81. The van der Waals surface area contributed by atoms with E-state index in [1.165, 1.54) is 0 Å². The highest BCUT2D eigenvalue weighted by Crippen LogP contribution is 2.26. The number of rotatable bonds is 6. The largest absolute Gasteiger partial charge is 0.336 e. The Balaban J connectivity index is 1.83. The Morgan fingerprint density at radius 1 is 1.28 bits per heavy atom. The minimum Gasteiger partial charge on any atom is -0.336 e. The van der Waals surface area contributed by atoms with Crippen molar-refractivity contribution in [3.8, 4) is 10.6 Å². The molecular formula is C17H20N4O2S2. The van der Waals surface area contributed by atoms with Crippen molar-refractivity contribution in [2.24, 2.45) is 7.05 Å². The molecule has 0 atom stereocenters. The molecule has 0 fully saturated rings. The van der Waals surface area contributed by atoms with Crippen LogP contribution in [0.4, 0.5) is 0 Å². The van der Waals surface area contributed by atoms with Crippen molar-refractivity contribution in [2.75, 3.05) is 0 Å². The molecular weight excluding hydrogens is 356 g/mol. The fourth-order valence-electron chi connectivity index (χ4n) is 2.58. The van der Waals surface area contributed by atoms with Crippen LogP contribution in [-0.2, 0) is 23.6 Å². The van der Waals surface area contributed by atoms with Crippen molar-refractivity contribution in [1.82, 2.24) is 19.3 Å². The van der Waals surface area contributed by atoms with E-state index in [1.54, 1.807) is 41.4 Å². The molecule has 8 heteroatoms. The number of sulfonamides is 1. The van der Waals surface area contributed by atoms with Crippen molar-refractivity contribution >= 4 is 21.4 Å². The second-order valence-electron chi connectivity index (χ2n) is 6.02. The quantitative estimate of drug-likeness (QED) is 0.717. The summed E-state index contributed by atoms with van der Waals surface area (Å²) >= 11 is 1.57. The molecule has 3 aromatic heterocycles. The fourth-order valence-corrected chi connectivity index (χ4v) is 4.34. The minimum atomic E-state index is -3.69. The van der Waals surface area contributed by atoms with E-state index in [1.807, 2.05) is 37.4 Å². The summed E-state index contributed by atoms with van der Waals surface area (Å²) in [5, 5.41) is 2.01. The predicted octanol–water partition coefficient (Wildman–Crippen LogP) is 3.15. The Bertz CT molecular complexity index is 960. The molecule has 3 heterocycles. The van der Waals surface area contributed by atoms with Gasteiger partial charge in [0, 0.05) is 31.9 Å². The molecule has 3 rings (SSSR count). The SMILES string of the molecule is CC(C)c1nc(S(=O)(=O)NCc2cccnc2-c2cccs2)cn1C. The van der Waals surface area contributed by atoms with Gasteiger partial charge in [-0.15, -0.1) is 11.3 Å². The van der Waals surface area contributed by atoms with Gasteiger partial charge in [0.1, 0.15) is 5.82 Å². The molecule has 0 radical (unpaired) electrons. The fraction of sp³-hybridized carbons (Fsp3) is 0.294. The highest BCUT2D eigenvalue weighted by atomic mass is 32.2. The zero-order valence-electron chi connectivity index (χ0n) is 14.3. The van der Waals surface area contributed by atoms with Gasteiger partial charge in [0.25, 0.3) is 10.0 Å². The average Bonchev–Trinajstić information content (AvgIpc) is 3.23. The summed E-state index contributed by atoms with van der Waals surface area (Å²) in [5.41, 5.74) is 1.62. The second-order valence-corrected chi connectivity index (χ2v) is 8.68. The van der Waals surface area contributed by atoms with Crippen molar-refractivity contribution in [1.29, 1.82) is 0 Å². The minimum absolute atomic E-state index is 0.0419. The number of pyridine rings is 1. The molecule has 0 saturated heterocycles. The van der Waals surface area contributed by atoms with E-state index >= 15 is 0 Å². The summed E-state index contributed by atoms with van der Waals surface area (Å²) in [6.07, 6.45) is 3.25. The number of hydrogen-bond donors (Lipinski definition) is 1. The normalized spacial score (nSPS) is 12.0. The van der Waals surface area contributed by atoms with Gasteiger partial charge in [-0.1, -0.05) is 26.0 Å². The maximum atomic E-state index is 12.6. The summed E-state index contributed by atoms with van der Waals surface area (Å²) in [4.78, 5) is 9.67. The van der Waals surface area contributed by atoms with E-state index in [9.17, 15) is 8.42 Å². The first-order valence-electron chi connectivity index (χ1n) is 7.89. The predicted molar refractivity (Wildman–Crippen MR) is 98.9 cm³/mol. The third-order valence-corrected chi connectivity index (χ3v) is 5.93. The van der Waals surface area contributed by atoms with Crippen molar-refractivity contribution in [2.45, 2.75) is 31.3 Å². The van der Waals surface area contributed by atoms with Gasteiger partial charge in [0.05, 0.1) is 10.6 Å². The molecule has 1 N–H and O–H groups in total. The molecule has 0 aromatic carbocycles. The van der Waals surface area contributed by atoms with Gasteiger partial charge in [-0.3, -0.25) is 4.98 Å². The van der Waals surface area contributed by atoms with Gasteiger partial charge in [-0.05, 0) is 23.1 Å². The standard InChI is InChI=1S/C17H20N4O2S2/c1-12(2)17-20-15(11-21(17)3)25(22,23)19-10-13-6-4-8-18-16(13)14-7-5-9-24-14/h4-9,11-12,19H,10H2,1-3H3. The Hall–Kier alpha value is -2.03. The summed E-state index contributed by atoms with van der Waals surface area (Å²) in [5.74, 6) is 0.888. The third-order valence-electron chi connectivity index (χ3n) is 3.78. The van der Waals surface area contributed by atoms with Crippen LogP contribution in [0, 0.1) is 0 Å². The number of hydrogen-bond acceptors (Lipinski definition) is 5. The molecule has 25 heavy (non-hydrogen) atoms. The molecule has 0 aliphatic heterocycles. The van der Waals surface area contributed by atoms with E-state index in [4.69, 9.17) is 0 Å². The second kappa shape index (κ2) is 7.07. The van der Waals surface area contributed by atoms with Crippen molar-refractivity contribution < 1.29 is 8.42 Å². The van der Waals surface area contributed by atoms with Crippen molar-refractivity contribution in [3.05, 3.63) is 53.4 Å². The average molecular weight is 377 g/mol. The Labute approximate surface area is 151 Å².